The number of halogens is 1. The number of aromatic nitrogens is 4. The van der Waals surface area contributed by atoms with Gasteiger partial charge >= 0.3 is 5.69 Å². The third-order valence-electron chi connectivity index (χ3n) is 5.86. The van der Waals surface area contributed by atoms with Gasteiger partial charge in [0.25, 0.3) is 5.56 Å². The number of carbonyl (C=O) groups excluding carboxylic acids is 1. The van der Waals surface area contributed by atoms with E-state index in [1.807, 2.05) is 44.2 Å². The summed E-state index contributed by atoms with van der Waals surface area (Å²) in [5.74, 6) is 0.265. The molecule has 0 aliphatic heterocycles. The summed E-state index contributed by atoms with van der Waals surface area (Å²) in [7, 11) is 2.92. The Hall–Kier alpha value is -3.85. The molecule has 0 radical (unpaired) electrons. The Balaban J connectivity index is 1.64. The second-order valence-electron chi connectivity index (χ2n) is 8.82. The van der Waals surface area contributed by atoms with E-state index in [-0.39, 0.29) is 23.6 Å². The Kier molecular flexibility index (Phi) is 6.53. The van der Waals surface area contributed by atoms with E-state index in [1.54, 1.807) is 24.3 Å². The fourth-order valence-corrected chi connectivity index (χ4v) is 4.17. The molecule has 0 fully saturated rings. The van der Waals surface area contributed by atoms with E-state index in [1.165, 1.54) is 29.6 Å². The molecule has 0 saturated heterocycles. The zero-order valence-corrected chi connectivity index (χ0v) is 20.6. The highest BCUT2D eigenvalue weighted by molar-refractivity contribution is 6.30. The Morgan fingerprint density at radius 1 is 1.06 bits per heavy atom. The van der Waals surface area contributed by atoms with Crippen LogP contribution < -0.4 is 21.3 Å². The van der Waals surface area contributed by atoms with Gasteiger partial charge in [-0.05, 0) is 43.7 Å². The molecule has 4 rings (SSSR count). The molecule has 4 aromatic rings. The van der Waals surface area contributed by atoms with Gasteiger partial charge in [-0.25, -0.2) is 9.78 Å². The molecule has 0 bridgehead atoms. The van der Waals surface area contributed by atoms with E-state index in [0.717, 1.165) is 10.1 Å². The molecule has 2 heterocycles. The minimum absolute atomic E-state index is 0.162. The Bertz CT molecular complexity index is 1490. The van der Waals surface area contributed by atoms with Crippen LogP contribution in [-0.2, 0) is 25.4 Å². The Labute approximate surface area is 206 Å². The summed E-state index contributed by atoms with van der Waals surface area (Å²) in [5, 5.41) is 3.65. The van der Waals surface area contributed by atoms with Crippen LogP contribution in [-0.4, -0.2) is 30.2 Å². The van der Waals surface area contributed by atoms with Gasteiger partial charge in [-0.15, -0.1) is 0 Å². The van der Waals surface area contributed by atoms with Crippen molar-refractivity contribution in [3.8, 4) is 5.75 Å². The van der Waals surface area contributed by atoms with Crippen LogP contribution in [0.25, 0.3) is 11.2 Å². The van der Waals surface area contributed by atoms with Gasteiger partial charge in [0.05, 0.1) is 12.4 Å². The van der Waals surface area contributed by atoms with Crippen molar-refractivity contribution < 1.29 is 9.53 Å². The maximum Gasteiger partial charge on any atom is 0.332 e. The van der Waals surface area contributed by atoms with Gasteiger partial charge < -0.3 is 14.6 Å². The number of amides is 1. The summed E-state index contributed by atoms with van der Waals surface area (Å²) < 4.78 is 9.98. The summed E-state index contributed by atoms with van der Waals surface area (Å²) in [4.78, 5) is 42.3. The molecule has 182 valence electrons. The van der Waals surface area contributed by atoms with Gasteiger partial charge in [0.15, 0.2) is 11.2 Å². The Morgan fingerprint density at radius 2 is 1.71 bits per heavy atom. The highest BCUT2D eigenvalue weighted by Crippen LogP contribution is 2.31. The summed E-state index contributed by atoms with van der Waals surface area (Å²) in [6.07, 6.45) is 1.39. The van der Waals surface area contributed by atoms with Crippen LogP contribution in [0.15, 0.2) is 70.5 Å². The number of benzene rings is 2. The molecule has 1 unspecified atom stereocenters. The molecule has 2 aromatic carbocycles. The molecule has 0 spiro atoms. The quantitative estimate of drug-likeness (QED) is 0.425. The normalized spacial score (nSPS) is 12.5. The molecule has 0 aliphatic carbocycles. The van der Waals surface area contributed by atoms with E-state index in [2.05, 4.69) is 10.3 Å². The standard InChI is InChI=1S/C25H26ClN5O4/c1-25(2,35-18-12-10-17(26)11-13-18)21(16-8-6-5-7-9-16)28-19(32)14-31-15-27-22-20(31)23(33)30(4)24(34)29(22)3/h5-13,15,21H,14H2,1-4H3,(H,28,32). The number of hydrogen-bond donors (Lipinski definition) is 1. The first-order valence-corrected chi connectivity index (χ1v) is 11.4. The van der Waals surface area contributed by atoms with Crippen LogP contribution in [0, 0.1) is 0 Å². The van der Waals surface area contributed by atoms with Crippen molar-refractivity contribution in [2.75, 3.05) is 0 Å². The van der Waals surface area contributed by atoms with Crippen molar-refractivity contribution in [2.45, 2.75) is 32.0 Å². The number of imidazole rings is 1. The van der Waals surface area contributed by atoms with Crippen molar-refractivity contribution in [2.24, 2.45) is 14.1 Å². The average Bonchev–Trinajstić information content (AvgIpc) is 3.25. The van der Waals surface area contributed by atoms with Gasteiger partial charge in [0.1, 0.15) is 17.9 Å². The topological polar surface area (TPSA) is 100 Å². The molecule has 9 nitrogen and oxygen atoms in total. The maximum absolute atomic E-state index is 13.2. The molecule has 1 N–H and O–H groups in total. The molecular weight excluding hydrogens is 470 g/mol. The smallest absolute Gasteiger partial charge is 0.332 e. The second kappa shape index (κ2) is 9.42. The van der Waals surface area contributed by atoms with E-state index in [4.69, 9.17) is 16.3 Å². The largest absolute Gasteiger partial charge is 0.485 e. The van der Waals surface area contributed by atoms with Gasteiger partial charge in [0.2, 0.25) is 5.91 Å². The predicted octanol–water partition coefficient (Wildman–Crippen LogP) is 2.80. The van der Waals surface area contributed by atoms with Gasteiger partial charge in [-0.3, -0.25) is 18.7 Å². The van der Waals surface area contributed by atoms with Crippen LogP contribution in [0.4, 0.5) is 0 Å². The van der Waals surface area contributed by atoms with Crippen molar-refractivity contribution in [3.05, 3.63) is 92.3 Å². The van der Waals surface area contributed by atoms with Crippen LogP contribution >= 0.6 is 11.6 Å². The number of carbonyl (C=O) groups is 1. The molecule has 1 amide bonds. The number of fused-ring (bicyclic) bond motifs is 1. The molecular formula is C25H26ClN5O4. The van der Waals surface area contributed by atoms with Crippen molar-refractivity contribution >= 4 is 28.7 Å². The lowest BCUT2D eigenvalue weighted by atomic mass is 9.91. The lowest BCUT2D eigenvalue weighted by Gasteiger charge is -2.36. The SMILES string of the molecule is Cn1c(=O)c2c(ncn2CC(=O)NC(c2ccccc2)C(C)(C)Oc2ccc(Cl)cc2)n(C)c1=O. The van der Waals surface area contributed by atoms with Crippen molar-refractivity contribution in [1.29, 1.82) is 0 Å². The highest BCUT2D eigenvalue weighted by atomic mass is 35.5. The molecule has 0 aliphatic rings. The zero-order valence-electron chi connectivity index (χ0n) is 19.9. The fourth-order valence-electron chi connectivity index (χ4n) is 4.05. The molecule has 10 heteroatoms. The fraction of sp³-hybridized carbons (Fsp3) is 0.280. The number of rotatable bonds is 7. The predicted molar refractivity (Wildman–Crippen MR) is 134 cm³/mol. The molecule has 35 heavy (non-hydrogen) atoms. The lowest BCUT2D eigenvalue weighted by Crippen LogP contribution is -2.47. The van der Waals surface area contributed by atoms with Crippen LogP contribution in [0.3, 0.4) is 0 Å². The summed E-state index contributed by atoms with van der Waals surface area (Å²) in [5.41, 5.74) is -0.591. The van der Waals surface area contributed by atoms with Crippen molar-refractivity contribution in [3.63, 3.8) is 0 Å². The summed E-state index contributed by atoms with van der Waals surface area (Å²) in [6, 6.07) is 16.0. The van der Waals surface area contributed by atoms with Crippen LogP contribution in [0.5, 0.6) is 5.75 Å². The molecule has 1 atom stereocenters. The maximum atomic E-state index is 13.2. The van der Waals surface area contributed by atoms with E-state index in [9.17, 15) is 14.4 Å². The number of nitrogens with zero attached hydrogens (tertiary/aromatic N) is 4. The summed E-state index contributed by atoms with van der Waals surface area (Å²) in [6.45, 7) is 3.61. The number of ether oxygens (including phenoxy) is 1. The number of hydrogen-bond acceptors (Lipinski definition) is 5. The van der Waals surface area contributed by atoms with Gasteiger partial charge in [-0.2, -0.15) is 0 Å². The zero-order chi connectivity index (χ0) is 25.3. The van der Waals surface area contributed by atoms with Crippen LogP contribution in [0.1, 0.15) is 25.5 Å². The van der Waals surface area contributed by atoms with E-state index in [0.29, 0.717) is 10.8 Å². The van der Waals surface area contributed by atoms with Crippen LogP contribution in [0.2, 0.25) is 5.02 Å². The highest BCUT2D eigenvalue weighted by Gasteiger charge is 2.34. The lowest BCUT2D eigenvalue weighted by molar-refractivity contribution is -0.124. The van der Waals surface area contributed by atoms with Gasteiger partial charge in [-0.1, -0.05) is 41.9 Å². The monoisotopic (exact) mass is 495 g/mol. The van der Waals surface area contributed by atoms with E-state index >= 15 is 0 Å². The van der Waals surface area contributed by atoms with Crippen molar-refractivity contribution in [1.82, 2.24) is 24.0 Å². The Morgan fingerprint density at radius 3 is 2.37 bits per heavy atom. The second-order valence-corrected chi connectivity index (χ2v) is 9.26. The minimum Gasteiger partial charge on any atom is -0.485 e. The average molecular weight is 496 g/mol. The third-order valence-corrected chi connectivity index (χ3v) is 6.11. The first kappa shape index (κ1) is 24.3. The first-order chi connectivity index (χ1) is 16.6. The molecule has 0 saturated carbocycles. The van der Waals surface area contributed by atoms with Gasteiger partial charge in [0, 0.05) is 19.1 Å². The minimum atomic E-state index is -0.845. The summed E-state index contributed by atoms with van der Waals surface area (Å²) >= 11 is 6.00. The first-order valence-electron chi connectivity index (χ1n) is 11.0. The number of nitrogens with one attached hydrogen (secondary N) is 1. The molecule has 2 aromatic heterocycles. The third kappa shape index (κ3) is 4.85. The van der Waals surface area contributed by atoms with E-state index < -0.39 is 22.9 Å². The number of aryl methyl sites for hydroxylation is 1.